The van der Waals surface area contributed by atoms with E-state index in [0.717, 1.165) is 0 Å². The average molecular weight is 347 g/mol. The van der Waals surface area contributed by atoms with Gasteiger partial charge >= 0.3 is 0 Å². The van der Waals surface area contributed by atoms with Gasteiger partial charge in [-0.3, -0.25) is 0 Å². The maximum Gasteiger partial charge on any atom is 0.217 e. The van der Waals surface area contributed by atoms with E-state index in [0.29, 0.717) is 10.6 Å². The lowest BCUT2D eigenvalue weighted by Gasteiger charge is -2.17. The van der Waals surface area contributed by atoms with E-state index in [-0.39, 0.29) is 10.6 Å². The second kappa shape index (κ2) is 5.27. The molecule has 0 N–H and O–H groups in total. The van der Waals surface area contributed by atoms with Crippen molar-refractivity contribution in [1.82, 2.24) is 0 Å². The van der Waals surface area contributed by atoms with Crippen molar-refractivity contribution in [3.8, 4) is 0 Å². The number of hydrogen-bond donors (Lipinski definition) is 0. The van der Waals surface area contributed by atoms with E-state index in [1.807, 2.05) is 0 Å². The van der Waals surface area contributed by atoms with Crippen LogP contribution in [0, 0.1) is 0 Å². The first kappa shape index (κ1) is 14.3. The van der Waals surface area contributed by atoms with Crippen LogP contribution in [0.4, 0.5) is 0 Å². The maximum atomic E-state index is 5.98. The van der Waals surface area contributed by atoms with Crippen LogP contribution < -0.4 is 0 Å². The molecule has 0 aliphatic carbocycles. The molecule has 0 amide bonds. The summed E-state index contributed by atoms with van der Waals surface area (Å²) in [6.45, 7) is 0. The molecule has 0 unspecified atom stereocenters. The van der Waals surface area contributed by atoms with Crippen LogP contribution in [0.1, 0.15) is 16.0 Å². The minimum Gasteiger partial charge on any atom is -0.100 e. The molecule has 0 radical (unpaired) electrons. The molecule has 84 valence electrons. The molecule has 0 fully saturated rings. The highest BCUT2D eigenvalue weighted by Crippen LogP contribution is 2.46. The Morgan fingerprint density at radius 3 is 1.93 bits per heavy atom. The van der Waals surface area contributed by atoms with Crippen molar-refractivity contribution in [2.75, 3.05) is 0 Å². The second-order valence-electron chi connectivity index (χ2n) is 2.66. The molecular weight excluding hydrogens is 344 g/mol. The molecule has 0 aliphatic heterocycles. The summed E-state index contributed by atoms with van der Waals surface area (Å²) in [6, 6.07) is 2.98. The van der Waals surface area contributed by atoms with Crippen molar-refractivity contribution in [3.05, 3.63) is 33.3 Å². The predicted octanol–water partition coefficient (Wildman–Crippen LogP) is 6.30. The summed E-state index contributed by atoms with van der Waals surface area (Å²) in [5.41, 5.74) is 0.664. The zero-order chi connectivity index (χ0) is 11.8. The molecule has 1 aromatic carbocycles. The van der Waals surface area contributed by atoms with E-state index in [4.69, 9.17) is 81.2 Å². The molecule has 1 aromatic rings. The van der Waals surface area contributed by atoms with E-state index < -0.39 is 8.63 Å². The Balaban J connectivity index is 3.42. The summed E-state index contributed by atoms with van der Waals surface area (Å²) in [6.07, 6.45) is 0. The summed E-state index contributed by atoms with van der Waals surface area (Å²) in [5.74, 6) is 0. The van der Waals surface area contributed by atoms with Crippen LogP contribution in [0.25, 0.3) is 0 Å². The van der Waals surface area contributed by atoms with Gasteiger partial charge in [0.05, 0.1) is 5.02 Å². The highest BCUT2D eigenvalue weighted by atomic mass is 35.6. The van der Waals surface area contributed by atoms with Crippen LogP contribution in [0.2, 0.25) is 10.0 Å². The topological polar surface area (TPSA) is 0 Å². The van der Waals surface area contributed by atoms with Gasteiger partial charge in [0.1, 0.15) is 4.84 Å². The molecule has 0 spiro atoms. The Morgan fingerprint density at radius 1 is 1.00 bits per heavy atom. The maximum absolute atomic E-state index is 5.98. The summed E-state index contributed by atoms with van der Waals surface area (Å²) >= 11 is 40.3. The van der Waals surface area contributed by atoms with Gasteiger partial charge in [0.2, 0.25) is 3.79 Å². The van der Waals surface area contributed by atoms with Crippen LogP contribution in [0.3, 0.4) is 0 Å². The highest BCUT2D eigenvalue weighted by Gasteiger charge is 2.28. The Bertz CT molecular complexity index is 366. The summed E-state index contributed by atoms with van der Waals surface area (Å²) in [7, 11) is 0. The third-order valence-electron chi connectivity index (χ3n) is 1.61. The molecule has 0 nitrogen and oxygen atoms in total. The fraction of sp³-hybridized carbons (Fsp3) is 0.250. The lowest BCUT2D eigenvalue weighted by molar-refractivity contribution is 1.20. The van der Waals surface area contributed by atoms with Gasteiger partial charge in [-0.25, -0.2) is 0 Å². The quantitative estimate of drug-likeness (QED) is 0.523. The Morgan fingerprint density at radius 2 is 1.53 bits per heavy atom. The fourth-order valence-electron chi connectivity index (χ4n) is 0.975. The zero-order valence-electron chi connectivity index (χ0n) is 6.88. The number of rotatable bonds is 1. The minimum absolute atomic E-state index is 0.203. The number of halogens is 7. The van der Waals surface area contributed by atoms with Crippen LogP contribution in [-0.2, 0) is 3.79 Å². The summed E-state index contributed by atoms with van der Waals surface area (Å²) < 4.78 is -1.67. The molecule has 15 heavy (non-hydrogen) atoms. The predicted molar refractivity (Wildman–Crippen MR) is 70.1 cm³/mol. The highest BCUT2D eigenvalue weighted by molar-refractivity contribution is 6.67. The molecule has 0 aromatic heterocycles. The van der Waals surface area contributed by atoms with Crippen LogP contribution >= 0.6 is 81.2 Å². The fourth-order valence-corrected chi connectivity index (χ4v) is 2.61. The lowest BCUT2D eigenvalue weighted by atomic mass is 10.1. The number of alkyl halides is 5. The van der Waals surface area contributed by atoms with Gasteiger partial charge in [-0.05, 0) is 12.1 Å². The number of hydrogen-bond acceptors (Lipinski definition) is 0. The van der Waals surface area contributed by atoms with Gasteiger partial charge in [-0.1, -0.05) is 58.0 Å². The molecule has 0 atom stereocenters. The van der Waals surface area contributed by atoms with Gasteiger partial charge in [-0.15, -0.1) is 23.2 Å². The Hall–Kier alpha value is 1.25. The molecule has 0 saturated carbocycles. The van der Waals surface area contributed by atoms with Crippen molar-refractivity contribution in [1.29, 1.82) is 0 Å². The normalized spacial score (nSPS) is 12.3. The van der Waals surface area contributed by atoms with Gasteiger partial charge in [0, 0.05) is 16.1 Å². The smallest absolute Gasteiger partial charge is 0.100 e. The lowest BCUT2D eigenvalue weighted by Crippen LogP contribution is -2.03. The summed E-state index contributed by atoms with van der Waals surface area (Å²) in [5, 5.41) is 0.552. The van der Waals surface area contributed by atoms with Crippen molar-refractivity contribution >= 4 is 81.2 Å². The number of benzene rings is 1. The second-order valence-corrected chi connectivity index (χ2v) is 6.85. The molecular formula is C8H3Cl7. The third-order valence-corrected chi connectivity index (χ3v) is 3.33. The standard InChI is InChI=1S/C8H3Cl7/c9-3-1-4(7(11)12)6(10)5(2-3)8(13,14)15/h1-2,7H. The molecule has 0 aliphatic rings. The van der Waals surface area contributed by atoms with Gasteiger partial charge in [0.15, 0.2) is 0 Å². The van der Waals surface area contributed by atoms with Crippen LogP contribution in [0.15, 0.2) is 12.1 Å². The molecule has 0 heterocycles. The van der Waals surface area contributed by atoms with E-state index in [2.05, 4.69) is 0 Å². The monoisotopic (exact) mass is 344 g/mol. The largest absolute Gasteiger partial charge is 0.217 e. The van der Waals surface area contributed by atoms with Gasteiger partial charge in [-0.2, -0.15) is 0 Å². The van der Waals surface area contributed by atoms with Crippen molar-refractivity contribution in [2.45, 2.75) is 8.63 Å². The molecule has 0 bridgehead atoms. The van der Waals surface area contributed by atoms with E-state index in [1.54, 1.807) is 0 Å². The van der Waals surface area contributed by atoms with Crippen molar-refractivity contribution < 1.29 is 0 Å². The van der Waals surface area contributed by atoms with E-state index >= 15 is 0 Å². The summed E-state index contributed by atoms with van der Waals surface area (Å²) in [4.78, 5) is -0.831. The van der Waals surface area contributed by atoms with Crippen molar-refractivity contribution in [2.24, 2.45) is 0 Å². The van der Waals surface area contributed by atoms with Crippen LogP contribution in [-0.4, -0.2) is 0 Å². The van der Waals surface area contributed by atoms with E-state index in [1.165, 1.54) is 12.1 Å². The Kier molecular flexibility index (Phi) is 5.02. The van der Waals surface area contributed by atoms with Crippen LogP contribution in [0.5, 0.6) is 0 Å². The third kappa shape index (κ3) is 3.61. The van der Waals surface area contributed by atoms with Gasteiger partial charge < -0.3 is 0 Å². The molecule has 0 saturated heterocycles. The average Bonchev–Trinajstić information content (AvgIpc) is 2.06. The first-order valence-electron chi connectivity index (χ1n) is 3.57. The first-order chi connectivity index (χ1) is 6.73. The SMILES string of the molecule is Clc1cc(C(Cl)Cl)c(Cl)c(C(Cl)(Cl)Cl)c1. The first-order valence-corrected chi connectivity index (χ1v) is 6.34. The van der Waals surface area contributed by atoms with Crippen molar-refractivity contribution in [3.63, 3.8) is 0 Å². The van der Waals surface area contributed by atoms with Gasteiger partial charge in [0.25, 0.3) is 0 Å². The Labute approximate surface area is 122 Å². The molecule has 7 heteroatoms. The molecule has 1 rings (SSSR count). The minimum atomic E-state index is -1.67. The zero-order valence-corrected chi connectivity index (χ0v) is 12.2. The van der Waals surface area contributed by atoms with E-state index in [9.17, 15) is 0 Å².